The molecule has 18 heavy (non-hydrogen) atoms. The van der Waals surface area contributed by atoms with Gasteiger partial charge in [-0.3, -0.25) is 4.79 Å². The number of carbonyl (C=O) groups is 1. The first-order valence-corrected chi connectivity index (χ1v) is 8.03. The van der Waals surface area contributed by atoms with Gasteiger partial charge in [0.1, 0.15) is 5.75 Å². The van der Waals surface area contributed by atoms with Crippen LogP contribution in [0, 0.1) is 0 Å². The van der Waals surface area contributed by atoms with Crippen molar-refractivity contribution in [3.05, 3.63) is 28.2 Å². The van der Waals surface area contributed by atoms with E-state index >= 15 is 0 Å². The second-order valence-corrected chi connectivity index (χ2v) is 6.63. The predicted molar refractivity (Wildman–Crippen MR) is 79.7 cm³/mol. The average Bonchev–Trinajstić information content (AvgIpc) is 2.89. The molecule has 0 N–H and O–H groups in total. The van der Waals surface area contributed by atoms with Gasteiger partial charge in [-0.25, -0.2) is 0 Å². The van der Waals surface area contributed by atoms with Gasteiger partial charge < -0.3 is 4.74 Å². The fourth-order valence-electron chi connectivity index (χ4n) is 2.17. The minimum atomic E-state index is 0.204. The number of ketones is 1. The first-order valence-electron chi connectivity index (χ1n) is 6.19. The standard InChI is InChI=1S/C14H17BrO2S/c1-17-14-7-6-10(8-12(14)15)13(16)9-18-11-4-2-3-5-11/h6-8,11H,2-5,9H2,1H3. The Kier molecular flexibility index (Phi) is 5.13. The van der Waals surface area contributed by atoms with Crippen LogP contribution in [0.4, 0.5) is 0 Å². The van der Waals surface area contributed by atoms with E-state index in [9.17, 15) is 4.79 Å². The first kappa shape index (κ1) is 13.9. The van der Waals surface area contributed by atoms with Gasteiger partial charge >= 0.3 is 0 Å². The Morgan fingerprint density at radius 3 is 2.78 bits per heavy atom. The summed E-state index contributed by atoms with van der Waals surface area (Å²) in [7, 11) is 1.62. The Hall–Kier alpha value is -0.480. The van der Waals surface area contributed by atoms with Crippen molar-refractivity contribution in [3.63, 3.8) is 0 Å². The lowest BCUT2D eigenvalue weighted by molar-refractivity contribution is 0.102. The number of carbonyl (C=O) groups excluding carboxylic acids is 1. The number of benzene rings is 1. The van der Waals surface area contributed by atoms with Crippen LogP contribution in [0.25, 0.3) is 0 Å². The zero-order chi connectivity index (χ0) is 13.0. The minimum Gasteiger partial charge on any atom is -0.496 e. The first-order chi connectivity index (χ1) is 8.70. The quantitative estimate of drug-likeness (QED) is 0.753. The summed E-state index contributed by atoms with van der Waals surface area (Å²) in [6.45, 7) is 0. The zero-order valence-electron chi connectivity index (χ0n) is 10.4. The summed E-state index contributed by atoms with van der Waals surface area (Å²) in [5, 5.41) is 0.690. The number of ether oxygens (including phenoxy) is 1. The third kappa shape index (κ3) is 3.51. The number of hydrogen-bond acceptors (Lipinski definition) is 3. The van der Waals surface area contributed by atoms with Gasteiger partial charge in [-0.15, -0.1) is 0 Å². The molecule has 0 aromatic heterocycles. The molecule has 4 heteroatoms. The molecule has 1 aromatic carbocycles. The van der Waals surface area contributed by atoms with E-state index in [2.05, 4.69) is 15.9 Å². The maximum atomic E-state index is 12.1. The SMILES string of the molecule is COc1ccc(C(=O)CSC2CCCC2)cc1Br. The lowest BCUT2D eigenvalue weighted by Gasteiger charge is -2.09. The normalized spacial score (nSPS) is 15.9. The molecule has 1 aliphatic carbocycles. The van der Waals surface area contributed by atoms with E-state index in [0.29, 0.717) is 11.0 Å². The lowest BCUT2D eigenvalue weighted by Crippen LogP contribution is -2.06. The Bertz CT molecular complexity index is 428. The van der Waals surface area contributed by atoms with Crippen LogP contribution in [0.5, 0.6) is 5.75 Å². The number of rotatable bonds is 5. The van der Waals surface area contributed by atoms with E-state index in [-0.39, 0.29) is 5.78 Å². The lowest BCUT2D eigenvalue weighted by atomic mass is 10.1. The second kappa shape index (κ2) is 6.62. The third-order valence-electron chi connectivity index (χ3n) is 3.23. The molecule has 0 aliphatic heterocycles. The minimum absolute atomic E-state index is 0.204. The fourth-order valence-corrected chi connectivity index (χ4v) is 3.93. The van der Waals surface area contributed by atoms with Crippen molar-refractivity contribution >= 4 is 33.5 Å². The van der Waals surface area contributed by atoms with E-state index in [1.165, 1.54) is 25.7 Å². The van der Waals surface area contributed by atoms with E-state index in [1.807, 2.05) is 18.2 Å². The molecule has 2 nitrogen and oxygen atoms in total. The Morgan fingerprint density at radius 2 is 2.17 bits per heavy atom. The molecule has 2 rings (SSSR count). The molecule has 0 atom stereocenters. The highest BCUT2D eigenvalue weighted by Gasteiger charge is 2.17. The molecule has 1 saturated carbocycles. The highest BCUT2D eigenvalue weighted by molar-refractivity contribution is 9.10. The maximum Gasteiger partial charge on any atom is 0.172 e. The van der Waals surface area contributed by atoms with Crippen molar-refractivity contribution in [1.82, 2.24) is 0 Å². The molecular formula is C14H17BrO2S. The summed E-state index contributed by atoms with van der Waals surface area (Å²) < 4.78 is 5.99. The Morgan fingerprint density at radius 1 is 1.44 bits per heavy atom. The number of thioether (sulfide) groups is 1. The molecule has 0 spiro atoms. The highest BCUT2D eigenvalue weighted by Crippen LogP contribution is 2.30. The van der Waals surface area contributed by atoms with Crippen LogP contribution >= 0.6 is 27.7 Å². The average molecular weight is 329 g/mol. The van der Waals surface area contributed by atoms with Gasteiger partial charge in [0, 0.05) is 10.8 Å². The summed E-state index contributed by atoms with van der Waals surface area (Å²) in [6, 6.07) is 5.51. The summed E-state index contributed by atoms with van der Waals surface area (Å²) in [5.74, 6) is 1.55. The molecular weight excluding hydrogens is 312 g/mol. The van der Waals surface area contributed by atoms with Gasteiger partial charge in [-0.1, -0.05) is 12.8 Å². The summed E-state index contributed by atoms with van der Waals surface area (Å²) in [5.41, 5.74) is 0.758. The number of halogens is 1. The van der Waals surface area contributed by atoms with Crippen LogP contribution < -0.4 is 4.74 Å². The molecule has 1 aliphatic rings. The fraction of sp³-hybridized carbons (Fsp3) is 0.500. The van der Waals surface area contributed by atoms with Gasteiger partial charge in [-0.05, 0) is 47.0 Å². The number of methoxy groups -OCH3 is 1. The predicted octanol–water partition coefficient (Wildman–Crippen LogP) is 4.32. The molecule has 1 aromatic rings. The van der Waals surface area contributed by atoms with Crippen molar-refractivity contribution in [2.45, 2.75) is 30.9 Å². The third-order valence-corrected chi connectivity index (χ3v) is 5.22. The van der Waals surface area contributed by atoms with E-state index in [1.54, 1.807) is 18.9 Å². The van der Waals surface area contributed by atoms with Crippen LogP contribution in [0.3, 0.4) is 0 Å². The molecule has 1 fully saturated rings. The molecule has 98 valence electrons. The monoisotopic (exact) mass is 328 g/mol. The van der Waals surface area contributed by atoms with Gasteiger partial charge in [0.2, 0.25) is 0 Å². The van der Waals surface area contributed by atoms with E-state index in [0.717, 1.165) is 15.8 Å². The van der Waals surface area contributed by atoms with Crippen molar-refractivity contribution in [3.8, 4) is 5.75 Å². The van der Waals surface area contributed by atoms with E-state index < -0.39 is 0 Å². The molecule has 0 saturated heterocycles. The van der Waals surface area contributed by atoms with Gasteiger partial charge in [0.25, 0.3) is 0 Å². The molecule has 0 bridgehead atoms. The van der Waals surface area contributed by atoms with Crippen molar-refractivity contribution < 1.29 is 9.53 Å². The Labute approximate surface area is 121 Å². The van der Waals surface area contributed by atoms with Crippen molar-refractivity contribution in [2.75, 3.05) is 12.9 Å². The van der Waals surface area contributed by atoms with Crippen LogP contribution in [-0.4, -0.2) is 23.9 Å². The van der Waals surface area contributed by atoms with Crippen LogP contribution in [0.15, 0.2) is 22.7 Å². The van der Waals surface area contributed by atoms with Crippen molar-refractivity contribution in [2.24, 2.45) is 0 Å². The Balaban J connectivity index is 1.93. The van der Waals surface area contributed by atoms with Crippen LogP contribution in [0.1, 0.15) is 36.0 Å². The van der Waals surface area contributed by atoms with E-state index in [4.69, 9.17) is 4.74 Å². The zero-order valence-corrected chi connectivity index (χ0v) is 12.9. The number of hydrogen-bond donors (Lipinski definition) is 0. The molecule has 0 heterocycles. The summed E-state index contributed by atoms with van der Waals surface area (Å²) in [4.78, 5) is 12.1. The van der Waals surface area contributed by atoms with Crippen LogP contribution in [-0.2, 0) is 0 Å². The molecule has 0 radical (unpaired) electrons. The topological polar surface area (TPSA) is 26.3 Å². The van der Waals surface area contributed by atoms with Gasteiger partial charge in [0.15, 0.2) is 5.78 Å². The maximum absolute atomic E-state index is 12.1. The highest BCUT2D eigenvalue weighted by atomic mass is 79.9. The number of Topliss-reactive ketones (excluding diaryl/α,β-unsaturated/α-hetero) is 1. The van der Waals surface area contributed by atoms with Gasteiger partial charge in [0.05, 0.1) is 17.3 Å². The van der Waals surface area contributed by atoms with Crippen LogP contribution in [0.2, 0.25) is 0 Å². The molecule has 0 unspecified atom stereocenters. The van der Waals surface area contributed by atoms with Gasteiger partial charge in [-0.2, -0.15) is 11.8 Å². The summed E-state index contributed by atoms with van der Waals surface area (Å²) in [6.07, 6.45) is 5.17. The smallest absolute Gasteiger partial charge is 0.172 e. The second-order valence-electron chi connectivity index (χ2n) is 4.49. The summed E-state index contributed by atoms with van der Waals surface area (Å²) >= 11 is 5.22. The van der Waals surface area contributed by atoms with Crippen molar-refractivity contribution in [1.29, 1.82) is 0 Å². The largest absolute Gasteiger partial charge is 0.496 e. The molecule has 0 amide bonds.